The lowest BCUT2D eigenvalue weighted by Crippen LogP contribution is -2.18. The van der Waals surface area contributed by atoms with Crippen molar-refractivity contribution in [1.29, 1.82) is 0 Å². The van der Waals surface area contributed by atoms with Crippen LogP contribution in [0.15, 0.2) is 15.9 Å². The molecule has 92 valence electrons. The Morgan fingerprint density at radius 1 is 1.50 bits per heavy atom. The van der Waals surface area contributed by atoms with Gasteiger partial charge in [0.2, 0.25) is 0 Å². The number of alkyl halides is 3. The summed E-state index contributed by atoms with van der Waals surface area (Å²) in [5.41, 5.74) is 0. The van der Waals surface area contributed by atoms with E-state index in [0.717, 1.165) is 4.47 Å². The van der Waals surface area contributed by atoms with Crippen molar-refractivity contribution in [3.8, 4) is 0 Å². The summed E-state index contributed by atoms with van der Waals surface area (Å²) in [7, 11) is 0. The van der Waals surface area contributed by atoms with Gasteiger partial charge in [-0.25, -0.2) is 0 Å². The van der Waals surface area contributed by atoms with Gasteiger partial charge < -0.3 is 9.84 Å². The summed E-state index contributed by atoms with van der Waals surface area (Å²) < 4.78 is 40.3. The van der Waals surface area contributed by atoms with Crippen LogP contribution < -0.4 is 0 Å². The van der Waals surface area contributed by atoms with E-state index in [9.17, 15) is 18.3 Å². The molecule has 1 heterocycles. The number of ether oxygens (including phenoxy) is 1. The van der Waals surface area contributed by atoms with Crippen molar-refractivity contribution >= 4 is 27.3 Å². The van der Waals surface area contributed by atoms with Crippen molar-refractivity contribution in [1.82, 2.24) is 0 Å². The molecule has 1 atom stereocenters. The minimum Gasteiger partial charge on any atom is -0.387 e. The van der Waals surface area contributed by atoms with Crippen LogP contribution in [-0.2, 0) is 4.74 Å². The van der Waals surface area contributed by atoms with Crippen molar-refractivity contribution < 1.29 is 23.0 Å². The molecule has 1 aromatic heterocycles. The summed E-state index contributed by atoms with van der Waals surface area (Å²) in [6.45, 7) is -1.39. The Balaban J connectivity index is 2.26. The van der Waals surface area contributed by atoms with Gasteiger partial charge in [-0.05, 0) is 27.4 Å². The second-order valence-corrected chi connectivity index (χ2v) is 4.91. The van der Waals surface area contributed by atoms with Crippen LogP contribution in [0.2, 0.25) is 0 Å². The first-order chi connectivity index (χ1) is 7.40. The van der Waals surface area contributed by atoms with Crippen molar-refractivity contribution in [2.75, 3.05) is 13.2 Å². The van der Waals surface area contributed by atoms with Gasteiger partial charge in [0, 0.05) is 22.4 Å². The van der Waals surface area contributed by atoms with Crippen molar-refractivity contribution in [2.45, 2.75) is 18.7 Å². The topological polar surface area (TPSA) is 29.5 Å². The van der Waals surface area contributed by atoms with E-state index in [1.165, 1.54) is 11.3 Å². The number of halogens is 4. The molecule has 1 N–H and O–H groups in total. The number of hydrogen-bond acceptors (Lipinski definition) is 3. The molecule has 0 aromatic carbocycles. The molecule has 0 spiro atoms. The van der Waals surface area contributed by atoms with Crippen LogP contribution in [0.25, 0.3) is 0 Å². The van der Waals surface area contributed by atoms with Crippen LogP contribution in [0.3, 0.4) is 0 Å². The summed E-state index contributed by atoms with van der Waals surface area (Å²) >= 11 is 4.58. The predicted molar refractivity (Wildman–Crippen MR) is 58.5 cm³/mol. The Labute approximate surface area is 103 Å². The summed E-state index contributed by atoms with van der Waals surface area (Å²) in [5.74, 6) is 0. The number of rotatable bonds is 5. The number of hydrogen-bond donors (Lipinski definition) is 1. The van der Waals surface area contributed by atoms with Gasteiger partial charge >= 0.3 is 6.18 Å². The quantitative estimate of drug-likeness (QED) is 0.842. The second-order valence-electron chi connectivity index (χ2n) is 3.11. The zero-order valence-corrected chi connectivity index (χ0v) is 10.5. The SMILES string of the molecule is OC(CCOCC(F)(F)F)c1sccc1Br. The average Bonchev–Trinajstić information content (AvgIpc) is 2.57. The first-order valence-electron chi connectivity index (χ1n) is 4.45. The molecule has 0 radical (unpaired) electrons. The fraction of sp³-hybridized carbons (Fsp3) is 0.556. The molecule has 2 nitrogen and oxygen atoms in total. The normalized spacial score (nSPS) is 14.1. The summed E-state index contributed by atoms with van der Waals surface area (Å²) in [6.07, 6.45) is -4.95. The Kier molecular flexibility index (Phi) is 5.23. The van der Waals surface area contributed by atoms with E-state index in [-0.39, 0.29) is 13.0 Å². The highest BCUT2D eigenvalue weighted by Gasteiger charge is 2.27. The molecule has 16 heavy (non-hydrogen) atoms. The molecular formula is C9H10BrF3O2S. The molecular weight excluding hydrogens is 309 g/mol. The molecule has 1 rings (SSSR count). The van der Waals surface area contributed by atoms with Crippen molar-refractivity contribution in [3.63, 3.8) is 0 Å². The zero-order chi connectivity index (χ0) is 12.2. The van der Waals surface area contributed by atoms with E-state index in [4.69, 9.17) is 0 Å². The predicted octanol–water partition coefficient (Wildman–Crippen LogP) is 3.51. The van der Waals surface area contributed by atoms with Crippen LogP contribution in [-0.4, -0.2) is 24.5 Å². The van der Waals surface area contributed by atoms with Gasteiger partial charge in [-0.3, -0.25) is 0 Å². The Hall–Kier alpha value is -0.110. The molecule has 1 aromatic rings. The molecule has 1 unspecified atom stereocenters. The second kappa shape index (κ2) is 6.00. The maximum Gasteiger partial charge on any atom is 0.411 e. The molecule has 0 aliphatic heterocycles. The van der Waals surface area contributed by atoms with Crippen LogP contribution in [0, 0.1) is 0 Å². The van der Waals surface area contributed by atoms with Crippen LogP contribution >= 0.6 is 27.3 Å². The third kappa shape index (κ3) is 4.82. The van der Waals surface area contributed by atoms with Gasteiger partial charge in [0.05, 0.1) is 6.10 Å². The highest BCUT2D eigenvalue weighted by atomic mass is 79.9. The molecule has 0 saturated heterocycles. The minimum atomic E-state index is -4.31. The lowest BCUT2D eigenvalue weighted by molar-refractivity contribution is -0.175. The third-order valence-electron chi connectivity index (χ3n) is 1.75. The van der Waals surface area contributed by atoms with E-state index in [1.807, 2.05) is 0 Å². The molecule has 0 aliphatic rings. The molecule has 0 fully saturated rings. The van der Waals surface area contributed by atoms with Gasteiger partial charge in [-0.1, -0.05) is 0 Å². The van der Waals surface area contributed by atoms with Gasteiger partial charge in [0.25, 0.3) is 0 Å². The lowest BCUT2D eigenvalue weighted by atomic mass is 10.2. The Bertz CT molecular complexity index is 327. The zero-order valence-electron chi connectivity index (χ0n) is 8.13. The lowest BCUT2D eigenvalue weighted by Gasteiger charge is -2.11. The maximum absolute atomic E-state index is 11.7. The van der Waals surface area contributed by atoms with Crippen molar-refractivity contribution in [3.05, 3.63) is 20.8 Å². The summed E-state index contributed by atoms with van der Waals surface area (Å²) in [5, 5.41) is 11.4. The fourth-order valence-electron chi connectivity index (χ4n) is 1.06. The maximum atomic E-state index is 11.7. The molecule has 0 saturated carbocycles. The van der Waals surface area contributed by atoms with E-state index in [2.05, 4.69) is 20.7 Å². The number of thiophene rings is 1. The molecule has 0 aliphatic carbocycles. The van der Waals surface area contributed by atoms with Crippen LogP contribution in [0.1, 0.15) is 17.4 Å². The molecule has 7 heteroatoms. The molecule has 0 bridgehead atoms. The monoisotopic (exact) mass is 318 g/mol. The van der Waals surface area contributed by atoms with Crippen LogP contribution in [0.4, 0.5) is 13.2 Å². The van der Waals surface area contributed by atoms with Gasteiger partial charge in [0.1, 0.15) is 6.61 Å². The number of aliphatic hydroxyl groups is 1. The standard InChI is InChI=1S/C9H10BrF3O2S/c10-6-2-4-16-8(6)7(14)1-3-15-5-9(11,12)13/h2,4,7,14H,1,3,5H2. The first-order valence-corrected chi connectivity index (χ1v) is 6.13. The van der Waals surface area contributed by atoms with Gasteiger partial charge in [0.15, 0.2) is 0 Å². The summed E-state index contributed by atoms with van der Waals surface area (Å²) in [6, 6.07) is 1.78. The minimum absolute atomic E-state index is 0.120. The van der Waals surface area contributed by atoms with Gasteiger partial charge in [-0.2, -0.15) is 13.2 Å². The van der Waals surface area contributed by atoms with E-state index < -0.39 is 18.9 Å². The first kappa shape index (κ1) is 14.0. The summed E-state index contributed by atoms with van der Waals surface area (Å²) in [4.78, 5) is 0.704. The molecule has 0 amide bonds. The third-order valence-corrected chi connectivity index (χ3v) is 3.72. The highest BCUT2D eigenvalue weighted by molar-refractivity contribution is 9.10. The van der Waals surface area contributed by atoms with E-state index in [1.54, 1.807) is 11.4 Å². The van der Waals surface area contributed by atoms with E-state index >= 15 is 0 Å². The Morgan fingerprint density at radius 3 is 2.69 bits per heavy atom. The van der Waals surface area contributed by atoms with Crippen LogP contribution in [0.5, 0.6) is 0 Å². The largest absolute Gasteiger partial charge is 0.411 e. The number of aliphatic hydroxyl groups excluding tert-OH is 1. The highest BCUT2D eigenvalue weighted by Crippen LogP contribution is 2.30. The van der Waals surface area contributed by atoms with E-state index in [0.29, 0.717) is 4.88 Å². The van der Waals surface area contributed by atoms with Gasteiger partial charge in [-0.15, -0.1) is 11.3 Å². The Morgan fingerprint density at radius 2 is 2.19 bits per heavy atom. The average molecular weight is 319 g/mol. The fourth-order valence-corrected chi connectivity index (χ4v) is 2.72. The smallest absolute Gasteiger partial charge is 0.387 e. The van der Waals surface area contributed by atoms with Crippen molar-refractivity contribution in [2.24, 2.45) is 0 Å².